The van der Waals surface area contributed by atoms with Crippen LogP contribution in [-0.2, 0) is 0 Å². The number of likely N-dealkylation sites (tertiary alicyclic amines) is 1. The van der Waals surface area contributed by atoms with Crippen molar-refractivity contribution in [3.8, 4) is 0 Å². The second-order valence-corrected chi connectivity index (χ2v) is 4.51. The van der Waals surface area contributed by atoms with Crippen molar-refractivity contribution >= 4 is 11.9 Å². The number of carboxylic acid groups (broad SMARTS) is 1. The molecule has 1 aromatic heterocycles. The lowest BCUT2D eigenvalue weighted by Crippen LogP contribution is -2.44. The predicted octanol–water partition coefficient (Wildman–Crippen LogP) is 1.79. The Morgan fingerprint density at radius 3 is 2.70 bits per heavy atom. The van der Waals surface area contributed by atoms with Crippen molar-refractivity contribution in [3.05, 3.63) is 17.5 Å². The third-order valence-corrected chi connectivity index (χ3v) is 3.11. The molecule has 1 aliphatic heterocycles. The van der Waals surface area contributed by atoms with Crippen molar-refractivity contribution in [3.63, 3.8) is 0 Å². The van der Waals surface area contributed by atoms with Gasteiger partial charge in [-0.05, 0) is 12.8 Å². The van der Waals surface area contributed by atoms with Gasteiger partial charge < -0.3 is 14.5 Å². The first kappa shape index (κ1) is 14.4. The minimum atomic E-state index is -4.35. The van der Waals surface area contributed by atoms with Crippen LogP contribution < -0.4 is 0 Å². The van der Waals surface area contributed by atoms with E-state index in [1.54, 1.807) is 0 Å². The molecule has 20 heavy (non-hydrogen) atoms. The monoisotopic (exact) mass is 292 g/mol. The Bertz CT molecular complexity index is 526. The summed E-state index contributed by atoms with van der Waals surface area (Å²) in [6.07, 6.45) is -4.14. The van der Waals surface area contributed by atoms with E-state index in [-0.39, 0.29) is 25.1 Å². The average molecular weight is 292 g/mol. The lowest BCUT2D eigenvalue weighted by Gasteiger charge is -2.33. The zero-order chi connectivity index (χ0) is 14.9. The smallest absolute Gasteiger partial charge is 0.393 e. The normalized spacial score (nSPS) is 19.9. The van der Waals surface area contributed by atoms with E-state index in [1.165, 1.54) is 0 Å². The molecule has 0 spiro atoms. The van der Waals surface area contributed by atoms with Crippen LogP contribution in [0.15, 0.2) is 10.6 Å². The van der Waals surface area contributed by atoms with E-state index in [1.807, 2.05) is 0 Å². The molecule has 0 aliphatic carbocycles. The molecule has 1 saturated heterocycles. The van der Waals surface area contributed by atoms with Gasteiger partial charge in [-0.25, -0.2) is 4.79 Å². The van der Waals surface area contributed by atoms with Gasteiger partial charge in [0.15, 0.2) is 5.69 Å². The first-order valence-electron chi connectivity index (χ1n) is 5.85. The van der Waals surface area contributed by atoms with Crippen LogP contribution >= 0.6 is 0 Å². The van der Waals surface area contributed by atoms with Gasteiger partial charge in [0, 0.05) is 19.2 Å². The van der Waals surface area contributed by atoms with Crippen molar-refractivity contribution in [2.45, 2.75) is 19.0 Å². The van der Waals surface area contributed by atoms with E-state index in [9.17, 15) is 22.8 Å². The highest BCUT2D eigenvalue weighted by molar-refractivity contribution is 5.94. The molecule has 9 heteroatoms. The second kappa shape index (κ2) is 5.14. The standard InChI is InChI=1S/C11H11F3N2O4/c12-11(13,14)6-2-1-3-16(5-6)9(17)7-4-8(10(18)19)20-15-7/h4,6H,1-3,5H2,(H,18,19). The maximum absolute atomic E-state index is 12.6. The van der Waals surface area contributed by atoms with E-state index in [2.05, 4.69) is 9.68 Å². The quantitative estimate of drug-likeness (QED) is 0.898. The van der Waals surface area contributed by atoms with E-state index in [4.69, 9.17) is 5.11 Å². The maximum atomic E-state index is 12.6. The number of aromatic carboxylic acids is 1. The summed E-state index contributed by atoms with van der Waals surface area (Å²) < 4.78 is 42.3. The SMILES string of the molecule is O=C(O)c1cc(C(=O)N2CCCC(C(F)(F)F)C2)no1. The van der Waals surface area contributed by atoms with E-state index in [0.29, 0.717) is 0 Å². The number of amides is 1. The van der Waals surface area contributed by atoms with Gasteiger partial charge in [-0.1, -0.05) is 5.16 Å². The number of alkyl halides is 3. The minimum absolute atomic E-state index is 0.0214. The summed E-state index contributed by atoms with van der Waals surface area (Å²) in [6.45, 7) is -0.266. The Morgan fingerprint density at radius 1 is 1.45 bits per heavy atom. The largest absolute Gasteiger partial charge is 0.475 e. The van der Waals surface area contributed by atoms with Crippen molar-refractivity contribution < 1.29 is 32.4 Å². The molecule has 1 fully saturated rings. The first-order chi connectivity index (χ1) is 9.29. The number of halogens is 3. The predicted molar refractivity (Wildman–Crippen MR) is 58.1 cm³/mol. The lowest BCUT2D eigenvalue weighted by atomic mass is 9.97. The van der Waals surface area contributed by atoms with Crippen molar-refractivity contribution in [1.82, 2.24) is 10.1 Å². The summed E-state index contributed by atoms with van der Waals surface area (Å²) in [7, 11) is 0. The Morgan fingerprint density at radius 2 is 2.15 bits per heavy atom. The number of nitrogens with zero attached hydrogens (tertiary/aromatic N) is 2. The van der Waals surface area contributed by atoms with Gasteiger partial charge in [0.05, 0.1) is 5.92 Å². The lowest BCUT2D eigenvalue weighted by molar-refractivity contribution is -0.184. The van der Waals surface area contributed by atoms with Gasteiger partial charge in [0.1, 0.15) is 0 Å². The number of carbonyl (C=O) groups excluding carboxylic acids is 1. The highest BCUT2D eigenvalue weighted by atomic mass is 19.4. The molecule has 0 bridgehead atoms. The van der Waals surface area contributed by atoms with Crippen LogP contribution in [0.2, 0.25) is 0 Å². The fraction of sp³-hybridized carbons (Fsp3) is 0.545. The third kappa shape index (κ3) is 2.91. The van der Waals surface area contributed by atoms with Gasteiger partial charge in [-0.15, -0.1) is 0 Å². The molecule has 0 saturated carbocycles. The number of carboxylic acids is 1. The van der Waals surface area contributed by atoms with Gasteiger partial charge in [0.2, 0.25) is 5.76 Å². The molecular formula is C11H11F3N2O4. The average Bonchev–Trinajstić information content (AvgIpc) is 2.87. The summed E-state index contributed by atoms with van der Waals surface area (Å²) >= 11 is 0. The number of rotatable bonds is 2. The molecule has 0 radical (unpaired) electrons. The Hall–Kier alpha value is -2.06. The van der Waals surface area contributed by atoms with E-state index in [0.717, 1.165) is 11.0 Å². The van der Waals surface area contributed by atoms with Gasteiger partial charge in [0.25, 0.3) is 5.91 Å². The van der Waals surface area contributed by atoms with E-state index < -0.39 is 36.3 Å². The van der Waals surface area contributed by atoms with Crippen molar-refractivity contribution in [2.24, 2.45) is 5.92 Å². The summed E-state index contributed by atoms with van der Waals surface area (Å²) in [6, 6.07) is 0.905. The maximum Gasteiger partial charge on any atom is 0.393 e. The fourth-order valence-corrected chi connectivity index (χ4v) is 2.07. The number of piperidine rings is 1. The number of hydrogen-bond acceptors (Lipinski definition) is 4. The van der Waals surface area contributed by atoms with Gasteiger partial charge in [-0.3, -0.25) is 4.79 Å². The topological polar surface area (TPSA) is 83.6 Å². The molecule has 1 unspecified atom stereocenters. The highest BCUT2D eigenvalue weighted by Crippen LogP contribution is 2.33. The Kier molecular flexibility index (Phi) is 3.69. The summed E-state index contributed by atoms with van der Waals surface area (Å²) in [5, 5.41) is 11.9. The molecule has 0 aromatic carbocycles. The molecule has 6 nitrogen and oxygen atoms in total. The molecule has 1 atom stereocenters. The highest BCUT2D eigenvalue weighted by Gasteiger charge is 2.43. The summed E-state index contributed by atoms with van der Waals surface area (Å²) in [5.41, 5.74) is -0.301. The third-order valence-electron chi connectivity index (χ3n) is 3.11. The Balaban J connectivity index is 2.10. The van der Waals surface area contributed by atoms with Crippen LogP contribution in [0.3, 0.4) is 0 Å². The molecule has 1 aliphatic rings. The zero-order valence-corrected chi connectivity index (χ0v) is 10.2. The van der Waals surface area contributed by atoms with Crippen LogP contribution in [-0.4, -0.2) is 46.3 Å². The van der Waals surface area contributed by atoms with Crippen LogP contribution in [0.25, 0.3) is 0 Å². The van der Waals surface area contributed by atoms with Crippen LogP contribution in [0.5, 0.6) is 0 Å². The van der Waals surface area contributed by atoms with Gasteiger partial charge >= 0.3 is 12.1 Å². The molecule has 1 aromatic rings. The molecule has 1 N–H and O–H groups in total. The van der Waals surface area contributed by atoms with Gasteiger partial charge in [-0.2, -0.15) is 13.2 Å². The minimum Gasteiger partial charge on any atom is -0.475 e. The number of aromatic nitrogens is 1. The molecule has 1 amide bonds. The molecule has 2 heterocycles. The fourth-order valence-electron chi connectivity index (χ4n) is 2.07. The van der Waals surface area contributed by atoms with Crippen molar-refractivity contribution in [2.75, 3.05) is 13.1 Å². The summed E-state index contributed by atoms with van der Waals surface area (Å²) in [5.74, 6) is -4.25. The van der Waals surface area contributed by atoms with Crippen LogP contribution in [0.1, 0.15) is 33.9 Å². The summed E-state index contributed by atoms with van der Waals surface area (Å²) in [4.78, 5) is 23.6. The first-order valence-corrected chi connectivity index (χ1v) is 5.85. The van der Waals surface area contributed by atoms with Crippen LogP contribution in [0, 0.1) is 5.92 Å². The molecule has 2 rings (SSSR count). The molecular weight excluding hydrogens is 281 g/mol. The zero-order valence-electron chi connectivity index (χ0n) is 10.2. The number of carbonyl (C=O) groups is 2. The Labute approximate surface area is 111 Å². The molecule has 110 valence electrons. The van der Waals surface area contributed by atoms with Crippen LogP contribution in [0.4, 0.5) is 13.2 Å². The van der Waals surface area contributed by atoms with Crippen molar-refractivity contribution in [1.29, 1.82) is 0 Å². The van der Waals surface area contributed by atoms with E-state index >= 15 is 0 Å². The second-order valence-electron chi connectivity index (χ2n) is 4.51. The number of hydrogen-bond donors (Lipinski definition) is 1.